The third-order valence-corrected chi connectivity index (χ3v) is 5.54. The molecule has 0 bridgehead atoms. The summed E-state index contributed by atoms with van der Waals surface area (Å²) in [6.45, 7) is 3.72. The molecular weight excluding hydrogens is 460 g/mol. The van der Waals surface area contributed by atoms with Gasteiger partial charge in [0.25, 0.3) is 0 Å². The number of ether oxygens (including phenoxy) is 2. The Hall–Kier alpha value is -4.41. The lowest BCUT2D eigenvalue weighted by atomic mass is 9.84. The second-order valence-electron chi connectivity index (χ2n) is 8.15. The number of nitro groups is 1. The maximum absolute atomic E-state index is 14.5. The predicted molar refractivity (Wildman–Crippen MR) is 123 cm³/mol. The first kappa shape index (κ1) is 23.7. The zero-order valence-electron chi connectivity index (χ0n) is 19.3. The van der Waals surface area contributed by atoms with E-state index >= 15 is 0 Å². The van der Waals surface area contributed by atoms with Gasteiger partial charge in [-0.1, -0.05) is 0 Å². The number of methoxy groups -OCH3 is 2. The van der Waals surface area contributed by atoms with Gasteiger partial charge in [0, 0.05) is 41.3 Å². The SMILES string of the molecule is COc1cc(-c2ccc(F)cc2F)nc(C(C)(C)c2cc(OC)cc(-n3ccc([N+](=O)[O-])n3)n2)c1. The zero-order valence-corrected chi connectivity index (χ0v) is 19.3. The molecule has 0 atom stereocenters. The van der Waals surface area contributed by atoms with Crippen molar-refractivity contribution in [3.05, 3.63) is 87.9 Å². The minimum absolute atomic E-state index is 0.116. The minimum atomic E-state index is -0.859. The van der Waals surface area contributed by atoms with Crippen LogP contribution < -0.4 is 9.47 Å². The molecule has 0 aliphatic carbocycles. The molecule has 3 aromatic heterocycles. The van der Waals surface area contributed by atoms with Crippen LogP contribution in [0.2, 0.25) is 0 Å². The highest BCUT2D eigenvalue weighted by atomic mass is 19.1. The Bertz CT molecular complexity index is 1420. The van der Waals surface area contributed by atoms with Crippen molar-refractivity contribution in [1.29, 1.82) is 0 Å². The van der Waals surface area contributed by atoms with E-state index in [4.69, 9.17) is 9.47 Å². The fourth-order valence-electron chi connectivity index (χ4n) is 3.50. The van der Waals surface area contributed by atoms with E-state index in [9.17, 15) is 18.9 Å². The highest BCUT2D eigenvalue weighted by Crippen LogP contribution is 2.36. The third-order valence-electron chi connectivity index (χ3n) is 5.54. The van der Waals surface area contributed by atoms with Gasteiger partial charge in [-0.2, -0.15) is 0 Å². The van der Waals surface area contributed by atoms with Gasteiger partial charge in [-0.25, -0.2) is 13.8 Å². The van der Waals surface area contributed by atoms with E-state index in [-0.39, 0.29) is 17.1 Å². The Morgan fingerprint density at radius 3 is 2.20 bits per heavy atom. The molecule has 0 saturated carbocycles. The normalized spacial score (nSPS) is 11.4. The lowest BCUT2D eigenvalue weighted by molar-refractivity contribution is -0.389. The minimum Gasteiger partial charge on any atom is -0.497 e. The first-order valence-electron chi connectivity index (χ1n) is 10.4. The van der Waals surface area contributed by atoms with Crippen molar-refractivity contribution < 1.29 is 23.2 Å². The maximum Gasteiger partial charge on any atom is 0.390 e. The van der Waals surface area contributed by atoms with Crippen LogP contribution in [0.1, 0.15) is 25.2 Å². The number of pyridine rings is 2. The Kier molecular flexibility index (Phi) is 6.16. The molecule has 0 spiro atoms. The van der Waals surface area contributed by atoms with Crippen LogP contribution in [-0.4, -0.2) is 38.9 Å². The Labute approximate surface area is 199 Å². The fraction of sp³-hybridized carbons (Fsp3) is 0.208. The summed E-state index contributed by atoms with van der Waals surface area (Å²) >= 11 is 0. The largest absolute Gasteiger partial charge is 0.497 e. The number of hydrogen-bond donors (Lipinski definition) is 0. The molecule has 9 nitrogen and oxygen atoms in total. The number of nitrogens with zero attached hydrogens (tertiary/aromatic N) is 5. The van der Waals surface area contributed by atoms with E-state index in [1.54, 1.807) is 24.3 Å². The van der Waals surface area contributed by atoms with Gasteiger partial charge in [0.1, 0.15) is 23.1 Å². The van der Waals surface area contributed by atoms with Crippen molar-refractivity contribution in [2.24, 2.45) is 0 Å². The lowest BCUT2D eigenvalue weighted by Crippen LogP contribution is -2.23. The Morgan fingerprint density at radius 2 is 1.60 bits per heavy atom. The summed E-state index contributed by atoms with van der Waals surface area (Å²) < 4.78 is 40.1. The Morgan fingerprint density at radius 1 is 0.943 bits per heavy atom. The van der Waals surface area contributed by atoms with E-state index in [1.807, 2.05) is 13.8 Å². The van der Waals surface area contributed by atoms with E-state index in [2.05, 4.69) is 15.1 Å². The topological polar surface area (TPSA) is 105 Å². The average molecular weight is 481 g/mol. The molecule has 35 heavy (non-hydrogen) atoms. The summed E-state index contributed by atoms with van der Waals surface area (Å²) in [7, 11) is 2.96. The summed E-state index contributed by atoms with van der Waals surface area (Å²) in [5.41, 5.74) is 0.522. The molecule has 0 amide bonds. The lowest BCUT2D eigenvalue weighted by Gasteiger charge is -2.25. The van der Waals surface area contributed by atoms with Crippen LogP contribution in [0.3, 0.4) is 0 Å². The molecule has 0 aliphatic heterocycles. The van der Waals surface area contributed by atoms with Crippen molar-refractivity contribution in [3.63, 3.8) is 0 Å². The van der Waals surface area contributed by atoms with Crippen LogP contribution >= 0.6 is 0 Å². The van der Waals surface area contributed by atoms with Crippen LogP contribution in [0.25, 0.3) is 17.1 Å². The van der Waals surface area contributed by atoms with Crippen molar-refractivity contribution >= 4 is 5.82 Å². The van der Waals surface area contributed by atoms with Gasteiger partial charge in [-0.05, 0) is 30.9 Å². The standard InChI is InChI=1S/C24H21F2N5O4/c1-24(2,20-11-15(34-3)10-19(27-20)17-6-5-14(25)9-18(17)26)21-12-16(35-4)13-23(28-21)30-8-7-22(29-30)31(32)33/h5-13H,1-4H3. The molecule has 1 aromatic carbocycles. The van der Waals surface area contributed by atoms with Gasteiger partial charge < -0.3 is 19.6 Å². The molecule has 0 fully saturated rings. The van der Waals surface area contributed by atoms with Crippen LogP contribution in [0.4, 0.5) is 14.6 Å². The fourth-order valence-corrected chi connectivity index (χ4v) is 3.50. The molecule has 0 unspecified atom stereocenters. The third kappa shape index (κ3) is 4.65. The van der Waals surface area contributed by atoms with Crippen molar-refractivity contribution in [3.8, 4) is 28.6 Å². The van der Waals surface area contributed by atoms with Crippen LogP contribution in [-0.2, 0) is 5.41 Å². The second kappa shape index (κ2) is 9.09. The zero-order chi connectivity index (χ0) is 25.3. The number of hydrogen-bond acceptors (Lipinski definition) is 7. The monoisotopic (exact) mass is 481 g/mol. The van der Waals surface area contributed by atoms with Gasteiger partial charge in [0.05, 0.1) is 48.7 Å². The second-order valence-corrected chi connectivity index (χ2v) is 8.15. The van der Waals surface area contributed by atoms with E-state index in [0.717, 1.165) is 12.1 Å². The van der Waals surface area contributed by atoms with Crippen LogP contribution in [0.5, 0.6) is 11.5 Å². The maximum atomic E-state index is 14.5. The summed E-state index contributed by atoms with van der Waals surface area (Å²) in [6, 6.07) is 11.1. The molecule has 0 N–H and O–H groups in total. The molecule has 0 saturated heterocycles. The molecule has 0 radical (unpaired) electrons. The highest BCUT2D eigenvalue weighted by molar-refractivity contribution is 5.62. The number of benzene rings is 1. The molecule has 3 heterocycles. The van der Waals surface area contributed by atoms with Crippen LogP contribution in [0, 0.1) is 21.7 Å². The molecule has 4 aromatic rings. The van der Waals surface area contributed by atoms with Crippen molar-refractivity contribution in [1.82, 2.24) is 19.7 Å². The summed E-state index contributed by atoms with van der Waals surface area (Å²) in [5.74, 6) is -0.598. The van der Waals surface area contributed by atoms with E-state index < -0.39 is 22.0 Å². The Balaban J connectivity index is 1.85. The average Bonchev–Trinajstić information content (AvgIpc) is 3.34. The number of halogens is 2. The molecule has 4 rings (SSSR count). The van der Waals surface area contributed by atoms with Gasteiger partial charge in [-0.3, -0.25) is 4.98 Å². The first-order valence-corrected chi connectivity index (χ1v) is 10.4. The van der Waals surface area contributed by atoms with Crippen molar-refractivity contribution in [2.45, 2.75) is 19.3 Å². The van der Waals surface area contributed by atoms with Gasteiger partial charge in [0.2, 0.25) is 0 Å². The number of rotatable bonds is 7. The summed E-state index contributed by atoms with van der Waals surface area (Å²) in [4.78, 5) is 19.7. The van der Waals surface area contributed by atoms with Gasteiger partial charge in [-0.15, -0.1) is 4.68 Å². The van der Waals surface area contributed by atoms with E-state index in [1.165, 1.54) is 37.2 Å². The molecule has 11 heteroatoms. The smallest absolute Gasteiger partial charge is 0.390 e. The molecular formula is C24H21F2N5O4. The first-order chi connectivity index (χ1) is 16.6. The quantitative estimate of drug-likeness (QED) is 0.274. The molecule has 180 valence electrons. The highest BCUT2D eigenvalue weighted by Gasteiger charge is 2.30. The number of aromatic nitrogens is 4. The van der Waals surface area contributed by atoms with Gasteiger partial charge >= 0.3 is 5.82 Å². The summed E-state index contributed by atoms with van der Waals surface area (Å²) in [6.07, 6.45) is 1.43. The molecule has 0 aliphatic rings. The van der Waals surface area contributed by atoms with Crippen molar-refractivity contribution in [2.75, 3.05) is 14.2 Å². The summed E-state index contributed by atoms with van der Waals surface area (Å²) in [5, 5.41) is 15.0. The predicted octanol–water partition coefficient (Wildman–Crippen LogP) is 4.86. The van der Waals surface area contributed by atoms with E-state index in [0.29, 0.717) is 28.7 Å². The van der Waals surface area contributed by atoms with Crippen LogP contribution in [0.15, 0.2) is 54.7 Å². The van der Waals surface area contributed by atoms with Gasteiger partial charge in [0.15, 0.2) is 5.82 Å².